The number of Topliss-reactive ketones (excluding diaryl/α,β-unsaturated/α-hetero) is 1. The van der Waals surface area contributed by atoms with E-state index in [9.17, 15) is 29.6 Å². The summed E-state index contributed by atoms with van der Waals surface area (Å²) >= 11 is 5.90. The van der Waals surface area contributed by atoms with Gasteiger partial charge in [0.05, 0.1) is 16.5 Å². The van der Waals surface area contributed by atoms with Gasteiger partial charge in [-0.15, -0.1) is 0 Å². The van der Waals surface area contributed by atoms with Gasteiger partial charge in [0.15, 0.2) is 0 Å². The summed E-state index contributed by atoms with van der Waals surface area (Å²) in [6, 6.07) is 10.6. The molecular formula is C23H21ClN2O7. The number of hydrogen-bond donors (Lipinski definition) is 2. The van der Waals surface area contributed by atoms with Crippen molar-refractivity contribution < 1.29 is 29.5 Å². The van der Waals surface area contributed by atoms with Crippen molar-refractivity contribution in [1.82, 2.24) is 4.90 Å². The Bertz CT molecular complexity index is 1110. The normalized spacial score (nSPS) is 17.4. The second kappa shape index (κ2) is 10.3. The molecule has 2 aromatic carbocycles. The number of aliphatic hydroxyl groups is 1. The van der Waals surface area contributed by atoms with Gasteiger partial charge in [0.1, 0.15) is 5.76 Å². The van der Waals surface area contributed by atoms with Gasteiger partial charge in [-0.3, -0.25) is 24.5 Å². The molecule has 1 unspecified atom stereocenters. The molecule has 0 aromatic heterocycles. The Labute approximate surface area is 194 Å². The fraction of sp³-hybridized carbons (Fsp3) is 0.261. The molecule has 1 amide bonds. The van der Waals surface area contributed by atoms with E-state index in [1.165, 1.54) is 53.4 Å². The molecule has 1 atom stereocenters. The van der Waals surface area contributed by atoms with Crippen LogP contribution in [0.1, 0.15) is 42.9 Å². The third-order valence-corrected chi connectivity index (χ3v) is 5.62. The lowest BCUT2D eigenvalue weighted by atomic mass is 9.95. The number of hydrogen-bond acceptors (Lipinski definition) is 6. The van der Waals surface area contributed by atoms with E-state index in [-0.39, 0.29) is 30.0 Å². The van der Waals surface area contributed by atoms with Crippen LogP contribution in [0.25, 0.3) is 5.76 Å². The number of aliphatic carboxylic acids is 1. The minimum absolute atomic E-state index is 0.00116. The molecule has 1 aliphatic heterocycles. The van der Waals surface area contributed by atoms with Gasteiger partial charge >= 0.3 is 5.97 Å². The molecule has 0 bridgehead atoms. The zero-order valence-electron chi connectivity index (χ0n) is 17.4. The fourth-order valence-electron chi connectivity index (χ4n) is 3.73. The number of likely N-dealkylation sites (tertiary alicyclic amines) is 1. The van der Waals surface area contributed by atoms with E-state index < -0.39 is 28.6 Å². The van der Waals surface area contributed by atoms with Crippen molar-refractivity contribution in [3.63, 3.8) is 0 Å². The number of rotatable bonds is 9. The molecule has 2 aromatic rings. The molecule has 172 valence electrons. The molecule has 2 N–H and O–H groups in total. The smallest absolute Gasteiger partial charge is 0.303 e. The van der Waals surface area contributed by atoms with Gasteiger partial charge in [0, 0.05) is 35.7 Å². The first-order valence-electron chi connectivity index (χ1n) is 10.2. The maximum atomic E-state index is 12.9. The van der Waals surface area contributed by atoms with Crippen LogP contribution in [0, 0.1) is 10.1 Å². The minimum Gasteiger partial charge on any atom is -0.507 e. The Morgan fingerprint density at radius 2 is 1.64 bits per heavy atom. The number of nitro benzene ring substituents is 1. The average molecular weight is 473 g/mol. The number of carbonyl (C=O) groups excluding carboxylic acids is 2. The van der Waals surface area contributed by atoms with Crippen molar-refractivity contribution in [3.8, 4) is 0 Å². The molecule has 1 saturated heterocycles. The molecule has 9 nitrogen and oxygen atoms in total. The lowest BCUT2D eigenvalue weighted by Crippen LogP contribution is -2.30. The van der Waals surface area contributed by atoms with E-state index in [0.717, 1.165) is 0 Å². The monoisotopic (exact) mass is 472 g/mol. The number of benzene rings is 2. The van der Waals surface area contributed by atoms with Crippen molar-refractivity contribution in [3.05, 3.63) is 80.4 Å². The topological polar surface area (TPSA) is 138 Å². The molecule has 3 rings (SSSR count). The molecule has 1 fully saturated rings. The highest BCUT2D eigenvalue weighted by Gasteiger charge is 2.45. The molecular weight excluding hydrogens is 452 g/mol. The minimum atomic E-state index is -0.944. The molecule has 0 radical (unpaired) electrons. The molecule has 0 saturated carbocycles. The summed E-state index contributed by atoms with van der Waals surface area (Å²) < 4.78 is 0. The van der Waals surface area contributed by atoms with Crippen molar-refractivity contribution in [2.45, 2.75) is 31.7 Å². The second-order valence-electron chi connectivity index (χ2n) is 7.55. The van der Waals surface area contributed by atoms with Gasteiger partial charge in [-0.1, -0.05) is 18.0 Å². The number of nitro groups is 1. The highest BCUT2D eigenvalue weighted by molar-refractivity contribution is 6.46. The Hall–Kier alpha value is -3.72. The van der Waals surface area contributed by atoms with Crippen LogP contribution in [-0.4, -0.2) is 44.2 Å². The quantitative estimate of drug-likeness (QED) is 0.138. The van der Waals surface area contributed by atoms with E-state index in [4.69, 9.17) is 16.7 Å². The van der Waals surface area contributed by atoms with E-state index >= 15 is 0 Å². The molecule has 1 heterocycles. The van der Waals surface area contributed by atoms with Crippen LogP contribution in [0.3, 0.4) is 0 Å². The number of halogens is 1. The lowest BCUT2D eigenvalue weighted by molar-refractivity contribution is -0.384. The standard InChI is InChI=1S/C23H21ClN2O7/c24-16-9-5-15(6-10-16)21(29)19-20(14-7-11-17(12-8-14)26(32)33)25(23(31)22(19)30)13-3-1-2-4-18(27)28/h5-12,20,29H,1-4,13H2,(H,27,28). The summed E-state index contributed by atoms with van der Waals surface area (Å²) in [5.74, 6) is -2.95. The fourth-order valence-corrected chi connectivity index (χ4v) is 3.86. The predicted octanol–water partition coefficient (Wildman–Crippen LogP) is 4.31. The Morgan fingerprint density at radius 1 is 1.00 bits per heavy atom. The predicted molar refractivity (Wildman–Crippen MR) is 120 cm³/mol. The van der Waals surface area contributed by atoms with Crippen molar-refractivity contribution in [2.75, 3.05) is 6.54 Å². The van der Waals surface area contributed by atoms with Crippen LogP contribution in [0.2, 0.25) is 5.02 Å². The van der Waals surface area contributed by atoms with Crippen LogP contribution >= 0.6 is 11.6 Å². The molecule has 0 aliphatic carbocycles. The van der Waals surface area contributed by atoms with Crippen LogP contribution in [0.15, 0.2) is 54.1 Å². The first-order chi connectivity index (χ1) is 15.7. The third-order valence-electron chi connectivity index (χ3n) is 5.37. The first-order valence-corrected chi connectivity index (χ1v) is 10.6. The van der Waals surface area contributed by atoms with Gasteiger partial charge in [-0.2, -0.15) is 0 Å². The van der Waals surface area contributed by atoms with Crippen LogP contribution in [-0.2, 0) is 14.4 Å². The summed E-state index contributed by atoms with van der Waals surface area (Å²) in [5, 5.41) is 31.2. The van der Waals surface area contributed by atoms with Gasteiger partial charge < -0.3 is 15.1 Å². The molecule has 0 spiro atoms. The number of aliphatic hydroxyl groups excluding tert-OH is 1. The Morgan fingerprint density at radius 3 is 2.21 bits per heavy atom. The SMILES string of the molecule is O=C(O)CCCCCN1C(=O)C(=O)C(=C(O)c2ccc(Cl)cc2)C1c1ccc([N+](=O)[O-])cc1. The summed E-state index contributed by atoms with van der Waals surface area (Å²) in [4.78, 5) is 48.2. The summed E-state index contributed by atoms with van der Waals surface area (Å²) in [6.45, 7) is 0.156. The van der Waals surface area contributed by atoms with Crippen LogP contribution in [0.5, 0.6) is 0 Å². The Balaban J connectivity index is 1.99. The largest absolute Gasteiger partial charge is 0.507 e. The summed E-state index contributed by atoms with van der Waals surface area (Å²) in [7, 11) is 0. The zero-order chi connectivity index (χ0) is 24.1. The van der Waals surface area contributed by atoms with Gasteiger partial charge in [-0.05, 0) is 54.8 Å². The summed E-state index contributed by atoms with van der Waals surface area (Å²) in [5.41, 5.74) is 0.454. The number of amides is 1. The summed E-state index contributed by atoms with van der Waals surface area (Å²) in [6.07, 6.45) is 1.40. The molecule has 1 aliphatic rings. The maximum absolute atomic E-state index is 12.9. The number of carboxylic acids is 1. The second-order valence-corrected chi connectivity index (χ2v) is 7.99. The maximum Gasteiger partial charge on any atom is 0.303 e. The van der Waals surface area contributed by atoms with Gasteiger partial charge in [-0.25, -0.2) is 0 Å². The van der Waals surface area contributed by atoms with E-state index in [2.05, 4.69) is 0 Å². The van der Waals surface area contributed by atoms with Gasteiger partial charge in [0.2, 0.25) is 0 Å². The van der Waals surface area contributed by atoms with Gasteiger partial charge in [0.25, 0.3) is 17.4 Å². The van der Waals surface area contributed by atoms with Crippen molar-refractivity contribution >= 4 is 40.7 Å². The van der Waals surface area contributed by atoms with E-state index in [0.29, 0.717) is 35.4 Å². The number of carbonyl (C=O) groups is 3. The van der Waals surface area contributed by atoms with E-state index in [1.807, 2.05) is 0 Å². The van der Waals surface area contributed by atoms with Crippen LogP contribution < -0.4 is 0 Å². The number of non-ortho nitro benzene ring substituents is 1. The number of carboxylic acid groups (broad SMARTS) is 1. The number of unbranched alkanes of at least 4 members (excludes halogenated alkanes) is 2. The van der Waals surface area contributed by atoms with Crippen molar-refractivity contribution in [2.24, 2.45) is 0 Å². The highest BCUT2D eigenvalue weighted by atomic mass is 35.5. The van der Waals surface area contributed by atoms with Crippen molar-refractivity contribution in [1.29, 1.82) is 0 Å². The van der Waals surface area contributed by atoms with Crippen LogP contribution in [0.4, 0.5) is 5.69 Å². The molecule has 33 heavy (non-hydrogen) atoms. The Kier molecular flexibility index (Phi) is 7.44. The highest BCUT2D eigenvalue weighted by Crippen LogP contribution is 2.40. The lowest BCUT2D eigenvalue weighted by Gasteiger charge is -2.25. The number of nitrogens with zero attached hydrogens (tertiary/aromatic N) is 2. The molecule has 10 heteroatoms. The third kappa shape index (κ3) is 5.38. The zero-order valence-corrected chi connectivity index (χ0v) is 18.2. The average Bonchev–Trinajstić information content (AvgIpc) is 3.03. The number of ketones is 1. The first kappa shape index (κ1) is 23.9. The van der Waals surface area contributed by atoms with E-state index in [1.54, 1.807) is 0 Å².